The summed E-state index contributed by atoms with van der Waals surface area (Å²) in [6.45, 7) is 7.33. The Kier molecular flexibility index (Phi) is 5.00. The third-order valence-corrected chi connectivity index (χ3v) is 5.28. The number of carbonyl (C=O) groups excluding carboxylic acids is 2. The predicted molar refractivity (Wildman–Crippen MR) is 99.6 cm³/mol. The highest BCUT2D eigenvalue weighted by Gasteiger charge is 2.29. The van der Waals surface area contributed by atoms with Crippen LogP contribution in [0.1, 0.15) is 41.5 Å². The molecule has 1 saturated heterocycles. The number of likely N-dealkylation sites (tertiary alicyclic amines) is 1. The largest absolute Gasteiger partial charge is 0.336 e. The van der Waals surface area contributed by atoms with Crippen molar-refractivity contribution in [1.82, 2.24) is 9.47 Å². The van der Waals surface area contributed by atoms with Gasteiger partial charge in [-0.25, -0.2) is 0 Å². The van der Waals surface area contributed by atoms with E-state index in [1.54, 1.807) is 11.0 Å². The van der Waals surface area contributed by atoms with Gasteiger partial charge in [-0.3, -0.25) is 9.59 Å². The summed E-state index contributed by atoms with van der Waals surface area (Å²) < 4.78 is 1.98. The summed E-state index contributed by atoms with van der Waals surface area (Å²) in [4.78, 5) is 27.1. The summed E-state index contributed by atoms with van der Waals surface area (Å²) in [7, 11) is 0. The van der Waals surface area contributed by atoms with E-state index in [1.807, 2.05) is 42.7 Å². The number of Topliss-reactive ketones (excluding diaryl/α,β-unsaturated/α-hetero) is 1. The molecule has 0 spiro atoms. The van der Waals surface area contributed by atoms with Crippen molar-refractivity contribution >= 4 is 23.3 Å². The summed E-state index contributed by atoms with van der Waals surface area (Å²) in [6.07, 6.45) is 1.92. The van der Waals surface area contributed by atoms with Crippen molar-refractivity contribution in [3.63, 3.8) is 0 Å². The van der Waals surface area contributed by atoms with Gasteiger partial charge in [-0.2, -0.15) is 0 Å². The fourth-order valence-electron chi connectivity index (χ4n) is 3.45. The Bertz CT molecular complexity index is 800. The zero-order valence-corrected chi connectivity index (χ0v) is 15.6. The number of piperidine rings is 1. The maximum atomic E-state index is 12.8. The summed E-state index contributed by atoms with van der Waals surface area (Å²) in [5, 5.41) is 0.664. The molecule has 1 aromatic heterocycles. The van der Waals surface area contributed by atoms with E-state index < -0.39 is 5.78 Å². The highest BCUT2D eigenvalue weighted by Crippen LogP contribution is 2.24. The second-order valence-electron chi connectivity index (χ2n) is 6.90. The first kappa shape index (κ1) is 17.7. The number of aromatic nitrogens is 1. The normalized spacial score (nSPS) is 15.4. The lowest BCUT2D eigenvalue weighted by atomic mass is 9.98. The molecule has 1 amide bonds. The van der Waals surface area contributed by atoms with Crippen molar-refractivity contribution in [3.8, 4) is 5.69 Å². The highest BCUT2D eigenvalue weighted by atomic mass is 35.5. The molecule has 0 bridgehead atoms. The van der Waals surface area contributed by atoms with E-state index in [-0.39, 0.29) is 5.91 Å². The van der Waals surface area contributed by atoms with Crippen molar-refractivity contribution in [2.75, 3.05) is 13.1 Å². The molecule has 1 aliphatic rings. The fraction of sp³-hybridized carbons (Fsp3) is 0.400. The van der Waals surface area contributed by atoms with Crippen LogP contribution in [0.3, 0.4) is 0 Å². The van der Waals surface area contributed by atoms with Crippen LogP contribution in [0.4, 0.5) is 0 Å². The molecular weight excluding hydrogens is 336 g/mol. The molecule has 2 heterocycles. The van der Waals surface area contributed by atoms with Gasteiger partial charge in [0.1, 0.15) is 0 Å². The zero-order valence-electron chi connectivity index (χ0n) is 14.9. The molecule has 25 heavy (non-hydrogen) atoms. The third-order valence-electron chi connectivity index (χ3n) is 5.03. The lowest BCUT2D eigenvalue weighted by Gasteiger charge is -2.29. The van der Waals surface area contributed by atoms with Crippen molar-refractivity contribution in [2.24, 2.45) is 5.92 Å². The maximum Gasteiger partial charge on any atom is 0.295 e. The molecule has 0 N–H and O–H groups in total. The van der Waals surface area contributed by atoms with Crippen molar-refractivity contribution < 1.29 is 9.59 Å². The topological polar surface area (TPSA) is 42.3 Å². The number of benzene rings is 1. The monoisotopic (exact) mass is 358 g/mol. The molecule has 3 rings (SSSR count). The van der Waals surface area contributed by atoms with E-state index in [1.165, 1.54) is 0 Å². The van der Waals surface area contributed by atoms with Crippen LogP contribution in [-0.4, -0.2) is 34.2 Å². The van der Waals surface area contributed by atoms with Gasteiger partial charge < -0.3 is 9.47 Å². The van der Waals surface area contributed by atoms with Crippen LogP contribution < -0.4 is 0 Å². The molecule has 0 aliphatic carbocycles. The van der Waals surface area contributed by atoms with Gasteiger partial charge >= 0.3 is 0 Å². The summed E-state index contributed by atoms with van der Waals surface area (Å²) in [5.74, 6) is -0.180. The Morgan fingerprint density at radius 1 is 1.08 bits per heavy atom. The van der Waals surface area contributed by atoms with E-state index in [0.29, 0.717) is 29.6 Å². The van der Waals surface area contributed by atoms with Crippen LogP contribution in [0.5, 0.6) is 0 Å². The Balaban J connectivity index is 1.88. The van der Waals surface area contributed by atoms with E-state index in [0.717, 1.165) is 29.9 Å². The maximum absolute atomic E-state index is 12.8. The number of ketones is 1. The minimum atomic E-state index is -0.414. The van der Waals surface area contributed by atoms with Gasteiger partial charge in [-0.15, -0.1) is 0 Å². The smallest absolute Gasteiger partial charge is 0.295 e. The second-order valence-corrected chi connectivity index (χ2v) is 7.34. The number of nitrogens with zero attached hydrogens (tertiary/aromatic N) is 2. The molecule has 1 aliphatic heterocycles. The Labute approximate surface area is 153 Å². The average Bonchev–Trinajstić information content (AvgIpc) is 2.90. The molecule has 0 unspecified atom stereocenters. The van der Waals surface area contributed by atoms with Crippen LogP contribution in [0.2, 0.25) is 5.02 Å². The molecule has 0 radical (unpaired) electrons. The summed E-state index contributed by atoms with van der Waals surface area (Å²) in [5.41, 5.74) is 3.11. The Morgan fingerprint density at radius 2 is 1.68 bits per heavy atom. The minimum Gasteiger partial charge on any atom is -0.336 e. The van der Waals surface area contributed by atoms with E-state index in [9.17, 15) is 9.59 Å². The zero-order chi connectivity index (χ0) is 18.1. The van der Waals surface area contributed by atoms with Crippen LogP contribution in [0.25, 0.3) is 5.69 Å². The number of amides is 1. The molecule has 132 valence electrons. The lowest BCUT2D eigenvalue weighted by molar-refractivity contribution is -0.127. The third kappa shape index (κ3) is 3.49. The average molecular weight is 359 g/mol. The SMILES string of the molecule is Cc1cc(C(=O)C(=O)N2CCC(C)CC2)c(C)n1-c1ccc(Cl)cc1. The first-order chi connectivity index (χ1) is 11.9. The number of hydrogen-bond donors (Lipinski definition) is 0. The van der Waals surface area contributed by atoms with Crippen molar-refractivity contribution in [2.45, 2.75) is 33.6 Å². The van der Waals surface area contributed by atoms with E-state index in [2.05, 4.69) is 6.92 Å². The first-order valence-corrected chi connectivity index (χ1v) is 9.04. The van der Waals surface area contributed by atoms with E-state index >= 15 is 0 Å². The predicted octanol–water partition coefficient (Wildman–Crippen LogP) is 4.19. The summed E-state index contributed by atoms with van der Waals surface area (Å²) in [6, 6.07) is 9.25. The number of rotatable bonds is 3. The van der Waals surface area contributed by atoms with Crippen LogP contribution in [0, 0.1) is 19.8 Å². The highest BCUT2D eigenvalue weighted by molar-refractivity contribution is 6.43. The molecule has 5 heteroatoms. The molecule has 4 nitrogen and oxygen atoms in total. The lowest BCUT2D eigenvalue weighted by Crippen LogP contribution is -2.41. The second kappa shape index (κ2) is 7.04. The fourth-order valence-corrected chi connectivity index (χ4v) is 3.58. The van der Waals surface area contributed by atoms with E-state index in [4.69, 9.17) is 11.6 Å². The Morgan fingerprint density at radius 3 is 2.28 bits per heavy atom. The molecular formula is C20H23ClN2O2. The first-order valence-electron chi connectivity index (χ1n) is 8.67. The molecule has 1 fully saturated rings. The minimum absolute atomic E-state index is 0.386. The number of halogens is 1. The Hall–Kier alpha value is -2.07. The molecule has 0 atom stereocenters. The standard InChI is InChI=1S/C20H23ClN2O2/c1-13-8-10-22(11-9-13)20(25)19(24)18-12-14(2)23(15(18)3)17-6-4-16(21)5-7-17/h4-7,12-13H,8-11H2,1-3H3. The summed E-state index contributed by atoms with van der Waals surface area (Å²) >= 11 is 5.96. The van der Waals surface area contributed by atoms with Gasteiger partial charge in [0, 0.05) is 40.8 Å². The van der Waals surface area contributed by atoms with Gasteiger partial charge in [0.05, 0.1) is 0 Å². The van der Waals surface area contributed by atoms with Gasteiger partial charge in [0.2, 0.25) is 0 Å². The van der Waals surface area contributed by atoms with Gasteiger partial charge in [-0.1, -0.05) is 18.5 Å². The van der Waals surface area contributed by atoms with Crippen molar-refractivity contribution in [1.29, 1.82) is 0 Å². The van der Waals surface area contributed by atoms with Crippen LogP contribution in [0.15, 0.2) is 30.3 Å². The van der Waals surface area contributed by atoms with Crippen LogP contribution >= 0.6 is 11.6 Å². The van der Waals surface area contributed by atoms with Gasteiger partial charge in [-0.05, 0) is 62.9 Å². The number of hydrogen-bond acceptors (Lipinski definition) is 2. The number of carbonyl (C=O) groups is 2. The molecule has 2 aromatic rings. The van der Waals surface area contributed by atoms with Gasteiger partial charge in [0.25, 0.3) is 11.7 Å². The quantitative estimate of drug-likeness (QED) is 0.610. The molecule has 1 aromatic carbocycles. The molecule has 0 saturated carbocycles. The number of aryl methyl sites for hydroxylation is 1. The van der Waals surface area contributed by atoms with Crippen molar-refractivity contribution in [3.05, 3.63) is 52.3 Å². The van der Waals surface area contributed by atoms with Gasteiger partial charge in [0.15, 0.2) is 0 Å². The van der Waals surface area contributed by atoms with Crippen LogP contribution in [-0.2, 0) is 4.79 Å².